The summed E-state index contributed by atoms with van der Waals surface area (Å²) in [5.41, 5.74) is 0. The molecule has 1 unspecified atom stereocenters. The van der Waals surface area contributed by atoms with Crippen LogP contribution < -0.4 is 0 Å². The molecule has 0 aliphatic heterocycles. The van der Waals surface area contributed by atoms with Crippen LogP contribution in [-0.2, 0) is 28.6 Å². The quantitative estimate of drug-likeness (QED) is 0.0261. The molecule has 0 aromatic heterocycles. The lowest BCUT2D eigenvalue weighted by atomic mass is 10.0. The largest absolute Gasteiger partial charge is 0.462 e. The minimum atomic E-state index is -0.775. The van der Waals surface area contributed by atoms with Crippen LogP contribution in [0.15, 0.2) is 36.5 Å². The molecular formula is C74H138O6. The van der Waals surface area contributed by atoms with Crippen LogP contribution in [-0.4, -0.2) is 37.2 Å². The second kappa shape index (κ2) is 69.1. The number of hydrogen-bond acceptors (Lipinski definition) is 6. The molecule has 6 nitrogen and oxygen atoms in total. The highest BCUT2D eigenvalue weighted by Gasteiger charge is 2.19. The molecule has 0 aliphatic rings. The summed E-state index contributed by atoms with van der Waals surface area (Å²) in [5.74, 6) is -0.845. The number of hydrogen-bond donors (Lipinski definition) is 0. The molecule has 0 rings (SSSR count). The summed E-state index contributed by atoms with van der Waals surface area (Å²) in [6, 6.07) is 0. The fourth-order valence-corrected chi connectivity index (χ4v) is 10.9. The SMILES string of the molecule is CCCCC/C=C\C/C=C\CCCCCCCCCCCC(=O)OC(COC(=O)CCCCCCCCCCC/C=C\CCCCCCCC)COC(=O)CCCCCCCCCCCCCCCCCCCCCCCCCC. The molecule has 0 saturated carbocycles. The van der Waals surface area contributed by atoms with Crippen molar-refractivity contribution in [1.29, 1.82) is 0 Å². The average molecular weight is 1120 g/mol. The van der Waals surface area contributed by atoms with Crippen molar-refractivity contribution in [2.75, 3.05) is 13.2 Å². The van der Waals surface area contributed by atoms with Crippen LogP contribution in [0.25, 0.3) is 0 Å². The van der Waals surface area contributed by atoms with E-state index in [0.29, 0.717) is 19.3 Å². The number of allylic oxidation sites excluding steroid dienone is 6. The van der Waals surface area contributed by atoms with Crippen molar-refractivity contribution in [3.63, 3.8) is 0 Å². The highest BCUT2D eigenvalue weighted by molar-refractivity contribution is 5.71. The lowest BCUT2D eigenvalue weighted by Crippen LogP contribution is -2.30. The Bertz CT molecular complexity index is 1340. The fourth-order valence-electron chi connectivity index (χ4n) is 10.9. The zero-order valence-corrected chi connectivity index (χ0v) is 54.1. The summed E-state index contributed by atoms with van der Waals surface area (Å²) in [7, 11) is 0. The molecule has 0 heterocycles. The van der Waals surface area contributed by atoms with Crippen molar-refractivity contribution in [3.8, 4) is 0 Å². The number of rotatable bonds is 67. The first-order valence-electron chi connectivity index (χ1n) is 36.0. The minimum absolute atomic E-state index is 0.0694. The number of ether oxygens (including phenoxy) is 3. The van der Waals surface area contributed by atoms with E-state index < -0.39 is 6.10 Å². The van der Waals surface area contributed by atoms with Crippen LogP contribution >= 0.6 is 0 Å². The van der Waals surface area contributed by atoms with Gasteiger partial charge in [-0.1, -0.05) is 340 Å². The van der Waals surface area contributed by atoms with Gasteiger partial charge in [0.15, 0.2) is 6.10 Å². The number of carbonyl (C=O) groups excluding carboxylic acids is 3. The van der Waals surface area contributed by atoms with Crippen molar-refractivity contribution in [1.82, 2.24) is 0 Å². The monoisotopic (exact) mass is 1120 g/mol. The second-order valence-electron chi connectivity index (χ2n) is 24.5. The Kier molecular flexibility index (Phi) is 67.1. The Morgan fingerprint density at radius 2 is 0.450 bits per heavy atom. The smallest absolute Gasteiger partial charge is 0.306 e. The number of esters is 3. The summed E-state index contributed by atoms with van der Waals surface area (Å²) < 4.78 is 17.0. The molecular weight excluding hydrogens is 985 g/mol. The predicted molar refractivity (Wildman–Crippen MR) is 349 cm³/mol. The first kappa shape index (κ1) is 77.6. The molecule has 0 bridgehead atoms. The van der Waals surface area contributed by atoms with Gasteiger partial charge in [0, 0.05) is 19.3 Å². The van der Waals surface area contributed by atoms with E-state index in [1.807, 2.05) is 0 Å². The molecule has 0 aromatic carbocycles. The topological polar surface area (TPSA) is 78.9 Å². The Hall–Kier alpha value is -2.37. The van der Waals surface area contributed by atoms with Crippen LogP contribution in [0.3, 0.4) is 0 Å². The molecule has 80 heavy (non-hydrogen) atoms. The molecule has 470 valence electrons. The summed E-state index contributed by atoms with van der Waals surface area (Å²) in [5, 5.41) is 0. The molecule has 6 heteroatoms. The summed E-state index contributed by atoms with van der Waals surface area (Å²) in [6.45, 7) is 6.69. The molecule has 1 atom stereocenters. The van der Waals surface area contributed by atoms with Crippen LogP contribution in [0.4, 0.5) is 0 Å². The maximum atomic E-state index is 13.0. The lowest BCUT2D eigenvalue weighted by Gasteiger charge is -2.18. The van der Waals surface area contributed by atoms with Gasteiger partial charge in [-0.3, -0.25) is 14.4 Å². The Morgan fingerprint density at radius 1 is 0.250 bits per heavy atom. The summed E-state index contributed by atoms with van der Waals surface area (Å²) in [4.78, 5) is 38.5. The normalized spacial score (nSPS) is 12.2. The molecule has 0 saturated heterocycles. The maximum Gasteiger partial charge on any atom is 0.306 e. The van der Waals surface area contributed by atoms with E-state index in [1.54, 1.807) is 0 Å². The van der Waals surface area contributed by atoms with E-state index in [2.05, 4.69) is 57.2 Å². The molecule has 0 aromatic rings. The van der Waals surface area contributed by atoms with Gasteiger partial charge in [0.1, 0.15) is 13.2 Å². The van der Waals surface area contributed by atoms with Gasteiger partial charge in [0.05, 0.1) is 0 Å². The zero-order valence-electron chi connectivity index (χ0n) is 54.1. The molecule has 0 spiro atoms. The van der Waals surface area contributed by atoms with Crippen molar-refractivity contribution in [3.05, 3.63) is 36.5 Å². The van der Waals surface area contributed by atoms with E-state index in [-0.39, 0.29) is 31.1 Å². The third-order valence-electron chi connectivity index (χ3n) is 16.4. The highest BCUT2D eigenvalue weighted by Crippen LogP contribution is 2.19. The van der Waals surface area contributed by atoms with Crippen LogP contribution in [0.2, 0.25) is 0 Å². The van der Waals surface area contributed by atoms with Gasteiger partial charge in [0.2, 0.25) is 0 Å². The fraction of sp³-hybridized carbons (Fsp3) is 0.878. The third-order valence-corrected chi connectivity index (χ3v) is 16.4. The summed E-state index contributed by atoms with van der Waals surface area (Å²) >= 11 is 0. The zero-order chi connectivity index (χ0) is 57.8. The van der Waals surface area contributed by atoms with Gasteiger partial charge in [0.25, 0.3) is 0 Å². The van der Waals surface area contributed by atoms with Crippen LogP contribution in [0.1, 0.15) is 400 Å². The van der Waals surface area contributed by atoms with Gasteiger partial charge in [-0.2, -0.15) is 0 Å². The van der Waals surface area contributed by atoms with E-state index >= 15 is 0 Å². The Labute approximate surface area is 499 Å². The Balaban J connectivity index is 4.29. The van der Waals surface area contributed by atoms with E-state index in [1.165, 1.54) is 295 Å². The first-order valence-corrected chi connectivity index (χ1v) is 36.0. The van der Waals surface area contributed by atoms with Crippen molar-refractivity contribution < 1.29 is 28.6 Å². The van der Waals surface area contributed by atoms with Gasteiger partial charge in [-0.15, -0.1) is 0 Å². The number of unbranched alkanes of at least 4 members (excludes halogenated alkanes) is 50. The third kappa shape index (κ3) is 66.4. The molecule has 0 fully saturated rings. The lowest BCUT2D eigenvalue weighted by molar-refractivity contribution is -0.167. The van der Waals surface area contributed by atoms with Gasteiger partial charge in [-0.25, -0.2) is 0 Å². The highest BCUT2D eigenvalue weighted by atomic mass is 16.6. The second-order valence-corrected chi connectivity index (χ2v) is 24.5. The van der Waals surface area contributed by atoms with Gasteiger partial charge in [-0.05, 0) is 77.0 Å². The molecule has 0 N–H and O–H groups in total. The predicted octanol–water partition coefficient (Wildman–Crippen LogP) is 24.7. The van der Waals surface area contributed by atoms with E-state index in [4.69, 9.17) is 14.2 Å². The minimum Gasteiger partial charge on any atom is -0.462 e. The molecule has 0 radical (unpaired) electrons. The van der Waals surface area contributed by atoms with E-state index in [0.717, 1.165) is 64.2 Å². The van der Waals surface area contributed by atoms with Gasteiger partial charge >= 0.3 is 17.9 Å². The van der Waals surface area contributed by atoms with Crippen LogP contribution in [0, 0.1) is 0 Å². The first-order chi connectivity index (χ1) is 39.5. The maximum absolute atomic E-state index is 13.0. The van der Waals surface area contributed by atoms with Crippen LogP contribution in [0.5, 0.6) is 0 Å². The van der Waals surface area contributed by atoms with Gasteiger partial charge < -0.3 is 14.2 Å². The number of carbonyl (C=O) groups is 3. The van der Waals surface area contributed by atoms with E-state index in [9.17, 15) is 14.4 Å². The molecule has 0 aliphatic carbocycles. The van der Waals surface area contributed by atoms with Crippen molar-refractivity contribution in [2.24, 2.45) is 0 Å². The van der Waals surface area contributed by atoms with Crippen molar-refractivity contribution >= 4 is 17.9 Å². The van der Waals surface area contributed by atoms with Crippen molar-refractivity contribution in [2.45, 2.75) is 406 Å². The standard InChI is InChI=1S/C74H138O6/c1-4-7-10-13-16-19-22-25-28-31-34-35-36-37-38-41-43-46-49-52-55-58-61-64-67-73(76)79-70-71(80-74(77)68-65-62-59-56-53-50-47-44-40-33-30-27-24-21-18-15-12-9-6-3)69-78-72(75)66-63-60-57-54-51-48-45-42-39-32-29-26-23-20-17-14-11-8-5-2/h18,21,26-27,29-30,71H,4-17,19-20,22-25,28,31-70H2,1-3H3/b21-18-,29-26-,30-27-. The average Bonchev–Trinajstić information content (AvgIpc) is 3.46. The summed E-state index contributed by atoms with van der Waals surface area (Å²) in [6.07, 6.45) is 86.0. The molecule has 0 amide bonds. The Morgan fingerprint density at radius 3 is 0.725 bits per heavy atom.